The standard InChI is InChI=1S/C17H20N2O5S2/c20-15-8-12(9-24-16(21)7-11-5-6-26(22,23)10-11)18-17-19(15)13-3-1-2-4-14(13)25-17/h8,11H,1-7,9-10H2/t11-/m1/s1. The second kappa shape index (κ2) is 6.77. The second-order valence-corrected chi connectivity index (χ2v) is 10.3. The topological polar surface area (TPSA) is 94.8 Å². The quantitative estimate of drug-likeness (QED) is 0.727. The Kier molecular flexibility index (Phi) is 4.60. The van der Waals surface area contributed by atoms with Gasteiger partial charge in [-0.2, -0.15) is 0 Å². The minimum absolute atomic E-state index is 0.0500. The van der Waals surface area contributed by atoms with Gasteiger partial charge < -0.3 is 4.74 Å². The summed E-state index contributed by atoms with van der Waals surface area (Å²) < 4.78 is 29.8. The number of hydrogen-bond donors (Lipinski definition) is 0. The molecular formula is C17H20N2O5S2. The van der Waals surface area contributed by atoms with E-state index in [1.165, 1.54) is 22.3 Å². The van der Waals surface area contributed by atoms with E-state index in [1.54, 1.807) is 4.40 Å². The van der Waals surface area contributed by atoms with E-state index in [0.29, 0.717) is 17.1 Å². The highest BCUT2D eigenvalue weighted by Gasteiger charge is 2.30. The van der Waals surface area contributed by atoms with E-state index in [4.69, 9.17) is 4.74 Å². The van der Waals surface area contributed by atoms with E-state index >= 15 is 0 Å². The Labute approximate surface area is 154 Å². The molecule has 1 fully saturated rings. The van der Waals surface area contributed by atoms with Crippen LogP contribution in [0, 0.1) is 5.92 Å². The number of rotatable bonds is 4. The highest BCUT2D eigenvalue weighted by Crippen LogP contribution is 2.28. The molecule has 4 rings (SSSR count). The zero-order valence-corrected chi connectivity index (χ0v) is 15.9. The minimum Gasteiger partial charge on any atom is -0.459 e. The summed E-state index contributed by atoms with van der Waals surface area (Å²) >= 11 is 1.53. The number of carbonyl (C=O) groups excluding carboxylic acids is 1. The molecule has 2 aromatic rings. The van der Waals surface area contributed by atoms with Crippen molar-refractivity contribution in [1.29, 1.82) is 0 Å². The lowest BCUT2D eigenvalue weighted by Crippen LogP contribution is -2.19. The van der Waals surface area contributed by atoms with E-state index in [0.717, 1.165) is 31.4 Å². The molecule has 140 valence electrons. The summed E-state index contributed by atoms with van der Waals surface area (Å²) in [5.74, 6) is -0.422. The van der Waals surface area contributed by atoms with Crippen LogP contribution in [0.25, 0.3) is 4.96 Å². The summed E-state index contributed by atoms with van der Waals surface area (Å²) in [7, 11) is -3.00. The fraction of sp³-hybridized carbons (Fsp3) is 0.588. The van der Waals surface area contributed by atoms with E-state index in [2.05, 4.69) is 4.98 Å². The maximum atomic E-state index is 12.4. The van der Waals surface area contributed by atoms with Gasteiger partial charge in [0.15, 0.2) is 14.8 Å². The molecule has 1 aliphatic heterocycles. The average Bonchev–Trinajstić information content (AvgIpc) is 3.12. The number of esters is 1. The minimum atomic E-state index is -3.00. The Morgan fingerprint density at radius 3 is 2.92 bits per heavy atom. The molecule has 3 heterocycles. The zero-order valence-electron chi connectivity index (χ0n) is 14.3. The van der Waals surface area contributed by atoms with Crippen LogP contribution >= 0.6 is 11.3 Å². The van der Waals surface area contributed by atoms with Crippen LogP contribution in [0.3, 0.4) is 0 Å². The summed E-state index contributed by atoms with van der Waals surface area (Å²) in [5.41, 5.74) is 1.36. The molecule has 0 radical (unpaired) electrons. The van der Waals surface area contributed by atoms with Crippen LogP contribution in [-0.2, 0) is 38.8 Å². The molecule has 0 bridgehead atoms. The van der Waals surface area contributed by atoms with Crippen LogP contribution in [0.4, 0.5) is 0 Å². The van der Waals surface area contributed by atoms with E-state index in [9.17, 15) is 18.0 Å². The van der Waals surface area contributed by atoms with Gasteiger partial charge in [-0.3, -0.25) is 14.0 Å². The van der Waals surface area contributed by atoms with Crippen molar-refractivity contribution >= 4 is 32.1 Å². The monoisotopic (exact) mass is 396 g/mol. The number of aromatic nitrogens is 2. The highest BCUT2D eigenvalue weighted by molar-refractivity contribution is 7.91. The van der Waals surface area contributed by atoms with Gasteiger partial charge in [-0.05, 0) is 38.0 Å². The van der Waals surface area contributed by atoms with Crippen molar-refractivity contribution in [3.8, 4) is 0 Å². The molecule has 1 aliphatic carbocycles. The van der Waals surface area contributed by atoms with Crippen molar-refractivity contribution < 1.29 is 17.9 Å². The third-order valence-corrected chi connectivity index (χ3v) is 7.96. The van der Waals surface area contributed by atoms with Crippen molar-refractivity contribution in [3.63, 3.8) is 0 Å². The van der Waals surface area contributed by atoms with Gasteiger partial charge in [-0.25, -0.2) is 13.4 Å². The Morgan fingerprint density at radius 2 is 2.15 bits per heavy atom. The molecule has 2 aliphatic rings. The van der Waals surface area contributed by atoms with Crippen molar-refractivity contribution in [3.05, 3.63) is 32.7 Å². The smallest absolute Gasteiger partial charge is 0.306 e. The third-order valence-electron chi connectivity index (χ3n) is 4.98. The summed E-state index contributed by atoms with van der Waals surface area (Å²) in [6.07, 6.45) is 4.70. The van der Waals surface area contributed by atoms with Gasteiger partial charge in [0.2, 0.25) is 0 Å². The van der Waals surface area contributed by atoms with E-state index in [1.807, 2.05) is 0 Å². The summed E-state index contributed by atoms with van der Waals surface area (Å²) in [6.45, 7) is -0.0629. The Bertz CT molecular complexity index is 1020. The van der Waals surface area contributed by atoms with Gasteiger partial charge in [-0.15, -0.1) is 11.3 Å². The first kappa shape index (κ1) is 17.7. The number of hydrogen-bond acceptors (Lipinski definition) is 7. The molecule has 0 N–H and O–H groups in total. The maximum absolute atomic E-state index is 12.4. The Hall–Kier alpha value is -1.74. The number of nitrogens with zero attached hydrogens (tertiary/aromatic N) is 2. The predicted octanol–water partition coefficient (Wildman–Crippen LogP) is 1.50. The molecule has 1 saturated heterocycles. The molecule has 0 spiro atoms. The summed E-state index contributed by atoms with van der Waals surface area (Å²) in [4.78, 5) is 30.8. The molecule has 0 amide bonds. The fourth-order valence-corrected chi connectivity index (χ4v) is 6.79. The molecular weight excluding hydrogens is 376 g/mol. The number of aryl methyl sites for hydroxylation is 2. The van der Waals surface area contributed by atoms with Crippen LogP contribution in [0.15, 0.2) is 10.9 Å². The van der Waals surface area contributed by atoms with Crippen LogP contribution in [0.1, 0.15) is 41.9 Å². The summed E-state index contributed by atoms with van der Waals surface area (Å²) in [5, 5.41) is 0. The van der Waals surface area contributed by atoms with Gasteiger partial charge in [0.05, 0.1) is 17.2 Å². The van der Waals surface area contributed by atoms with Crippen LogP contribution in [0.2, 0.25) is 0 Å². The zero-order chi connectivity index (χ0) is 18.3. The lowest BCUT2D eigenvalue weighted by molar-refractivity contribution is -0.146. The molecule has 7 nitrogen and oxygen atoms in total. The van der Waals surface area contributed by atoms with Gasteiger partial charge in [0, 0.05) is 23.1 Å². The fourth-order valence-electron chi connectivity index (χ4n) is 3.70. The van der Waals surface area contributed by atoms with E-state index < -0.39 is 15.8 Å². The molecule has 26 heavy (non-hydrogen) atoms. The number of carbonyl (C=O) groups is 1. The maximum Gasteiger partial charge on any atom is 0.306 e. The van der Waals surface area contributed by atoms with Gasteiger partial charge >= 0.3 is 5.97 Å². The van der Waals surface area contributed by atoms with Crippen molar-refractivity contribution in [2.24, 2.45) is 5.92 Å². The van der Waals surface area contributed by atoms with Gasteiger partial charge in [-0.1, -0.05) is 0 Å². The number of fused-ring (bicyclic) bond motifs is 3. The number of thiazole rings is 1. The van der Waals surface area contributed by atoms with Crippen molar-refractivity contribution in [1.82, 2.24) is 9.38 Å². The van der Waals surface area contributed by atoms with E-state index in [-0.39, 0.29) is 36.0 Å². The second-order valence-electron chi connectivity index (χ2n) is 7.02. The third kappa shape index (κ3) is 3.55. The first-order valence-corrected chi connectivity index (χ1v) is 11.4. The van der Waals surface area contributed by atoms with Crippen molar-refractivity contribution in [2.45, 2.75) is 45.1 Å². The first-order chi connectivity index (χ1) is 12.4. The lowest BCUT2D eigenvalue weighted by Gasteiger charge is -2.10. The van der Waals surface area contributed by atoms with Crippen molar-refractivity contribution in [2.75, 3.05) is 11.5 Å². The van der Waals surface area contributed by atoms with Crippen LogP contribution in [0.5, 0.6) is 0 Å². The average molecular weight is 396 g/mol. The van der Waals surface area contributed by atoms with Gasteiger partial charge in [0.25, 0.3) is 5.56 Å². The molecule has 0 saturated carbocycles. The largest absolute Gasteiger partial charge is 0.459 e. The summed E-state index contributed by atoms with van der Waals surface area (Å²) in [6, 6.07) is 1.42. The van der Waals surface area contributed by atoms with Gasteiger partial charge in [0.1, 0.15) is 6.61 Å². The molecule has 0 aromatic carbocycles. The molecule has 0 unspecified atom stereocenters. The molecule has 2 aromatic heterocycles. The lowest BCUT2D eigenvalue weighted by atomic mass is 10.0. The number of ether oxygens (including phenoxy) is 1. The predicted molar refractivity (Wildman–Crippen MR) is 97.2 cm³/mol. The molecule has 1 atom stereocenters. The SMILES string of the molecule is O=C(C[C@H]1CCS(=O)(=O)C1)OCc1cc(=O)n2c3c(sc2n1)CCCC3. The Balaban J connectivity index is 1.44. The van der Waals surface area contributed by atoms with Crippen LogP contribution < -0.4 is 5.56 Å². The highest BCUT2D eigenvalue weighted by atomic mass is 32.2. The Morgan fingerprint density at radius 1 is 1.35 bits per heavy atom. The normalized spacial score (nSPS) is 21.6. The number of sulfone groups is 1. The van der Waals surface area contributed by atoms with Crippen LogP contribution in [-0.4, -0.2) is 35.3 Å². The molecule has 9 heteroatoms. The first-order valence-electron chi connectivity index (χ1n) is 8.80.